The molecule has 0 spiro atoms. The lowest BCUT2D eigenvalue weighted by molar-refractivity contribution is 0.0630. The lowest BCUT2D eigenvalue weighted by Gasteiger charge is -2.42. The molecule has 0 aliphatic carbocycles. The van der Waals surface area contributed by atoms with Crippen molar-refractivity contribution in [3.63, 3.8) is 0 Å². The molecule has 11 nitrogen and oxygen atoms in total. The molecular formula is C33H45N9O2. The van der Waals surface area contributed by atoms with Gasteiger partial charge in [0.05, 0.1) is 35.1 Å². The standard InChI is InChI=1S/C33H45N9O2/c1-22-17-24(18-29(35-22)27-20-34-39(6)23(27)2)31(43)37-32-36-28-8-7-26(19-30(28)42(32)21-33(3,4)44)40-11-9-25(10-12-40)41-15-13-38(5)14-16-41/h7-8,17-20,25,44H,9-16,21H2,1-6H3,(H,36,37,43). The molecule has 4 aromatic rings. The molecule has 44 heavy (non-hydrogen) atoms. The van der Waals surface area contributed by atoms with Crippen LogP contribution in [0, 0.1) is 13.8 Å². The Morgan fingerprint density at radius 3 is 2.39 bits per heavy atom. The van der Waals surface area contributed by atoms with Crippen molar-refractivity contribution < 1.29 is 9.90 Å². The number of amides is 1. The lowest BCUT2D eigenvalue weighted by Crippen LogP contribution is -2.52. The second kappa shape index (κ2) is 11.9. The van der Waals surface area contributed by atoms with E-state index in [1.54, 1.807) is 36.9 Å². The largest absolute Gasteiger partial charge is 0.389 e. The minimum atomic E-state index is -1.01. The number of aliphatic hydroxyl groups is 1. The number of fused-ring (bicyclic) bond motifs is 1. The summed E-state index contributed by atoms with van der Waals surface area (Å²) >= 11 is 0. The number of piperidine rings is 1. The number of nitrogens with one attached hydrogen (secondary N) is 1. The van der Waals surface area contributed by atoms with Gasteiger partial charge in [0.15, 0.2) is 0 Å². The predicted molar refractivity (Wildman–Crippen MR) is 174 cm³/mol. The highest BCUT2D eigenvalue weighted by molar-refractivity contribution is 6.05. The van der Waals surface area contributed by atoms with Crippen LogP contribution in [0.25, 0.3) is 22.3 Å². The molecular weight excluding hydrogens is 554 g/mol. The maximum atomic E-state index is 13.6. The molecule has 1 amide bonds. The van der Waals surface area contributed by atoms with Crippen LogP contribution >= 0.6 is 0 Å². The number of aromatic nitrogens is 5. The van der Waals surface area contributed by atoms with Crippen molar-refractivity contribution >= 4 is 28.6 Å². The van der Waals surface area contributed by atoms with Crippen molar-refractivity contribution in [2.45, 2.75) is 58.7 Å². The number of rotatable bonds is 7. The summed E-state index contributed by atoms with van der Waals surface area (Å²) in [6.07, 6.45) is 4.07. The maximum absolute atomic E-state index is 13.6. The third-order valence-electron chi connectivity index (χ3n) is 9.11. The minimum Gasteiger partial charge on any atom is -0.389 e. The van der Waals surface area contributed by atoms with E-state index in [-0.39, 0.29) is 12.5 Å². The van der Waals surface area contributed by atoms with E-state index >= 15 is 0 Å². The Bertz CT molecular complexity index is 1650. The van der Waals surface area contributed by atoms with Crippen molar-refractivity contribution in [3.05, 3.63) is 53.5 Å². The first kappa shape index (κ1) is 30.2. The molecule has 0 saturated carbocycles. The molecule has 2 fully saturated rings. The highest BCUT2D eigenvalue weighted by atomic mass is 16.3. The van der Waals surface area contributed by atoms with Crippen molar-refractivity contribution in [3.8, 4) is 11.3 Å². The maximum Gasteiger partial charge on any atom is 0.258 e. The Hall–Kier alpha value is -3.80. The number of imidazole rings is 1. The van der Waals surface area contributed by atoms with Crippen LogP contribution in [0.1, 0.15) is 48.4 Å². The van der Waals surface area contributed by atoms with Gasteiger partial charge in [-0.15, -0.1) is 0 Å². The van der Waals surface area contributed by atoms with Crippen LogP contribution in [0.5, 0.6) is 0 Å². The number of hydrogen-bond donors (Lipinski definition) is 2. The summed E-state index contributed by atoms with van der Waals surface area (Å²) in [5.74, 6) is 0.128. The molecule has 2 N–H and O–H groups in total. The van der Waals surface area contributed by atoms with Crippen molar-refractivity contribution in [1.29, 1.82) is 0 Å². The molecule has 234 valence electrons. The summed E-state index contributed by atoms with van der Waals surface area (Å²) in [4.78, 5) is 30.6. The number of pyridine rings is 1. The summed E-state index contributed by atoms with van der Waals surface area (Å²) < 4.78 is 3.72. The number of benzene rings is 1. The number of anilines is 2. The Kier molecular flexibility index (Phi) is 8.21. The summed E-state index contributed by atoms with van der Waals surface area (Å²) in [5.41, 5.74) is 5.58. The van der Waals surface area contributed by atoms with Gasteiger partial charge in [0.1, 0.15) is 0 Å². The molecule has 0 unspecified atom stereocenters. The van der Waals surface area contributed by atoms with Crippen LogP contribution in [-0.2, 0) is 13.6 Å². The van der Waals surface area contributed by atoms with Crippen LogP contribution in [-0.4, -0.2) is 103 Å². The number of carbonyl (C=O) groups excluding carboxylic acids is 1. The van der Waals surface area contributed by atoms with E-state index < -0.39 is 5.60 Å². The summed E-state index contributed by atoms with van der Waals surface area (Å²) in [6, 6.07) is 10.5. The van der Waals surface area contributed by atoms with Gasteiger partial charge in [-0.2, -0.15) is 5.10 Å². The smallest absolute Gasteiger partial charge is 0.258 e. The number of nitrogens with zero attached hydrogens (tertiary/aromatic N) is 8. The minimum absolute atomic E-state index is 0.281. The molecule has 2 saturated heterocycles. The highest BCUT2D eigenvalue weighted by Gasteiger charge is 2.28. The Labute approximate surface area is 259 Å². The van der Waals surface area contributed by atoms with Gasteiger partial charge < -0.3 is 19.5 Å². The normalized spacial score (nSPS) is 17.5. The highest BCUT2D eigenvalue weighted by Crippen LogP contribution is 2.30. The first-order valence-corrected chi connectivity index (χ1v) is 15.6. The van der Waals surface area contributed by atoms with E-state index in [9.17, 15) is 9.90 Å². The first-order valence-electron chi connectivity index (χ1n) is 15.6. The quantitative estimate of drug-likeness (QED) is 0.331. The van der Waals surface area contributed by atoms with E-state index in [0.717, 1.165) is 85.8 Å². The van der Waals surface area contributed by atoms with Gasteiger partial charge in [-0.3, -0.25) is 24.7 Å². The van der Waals surface area contributed by atoms with Gasteiger partial charge in [-0.05, 0) is 77.9 Å². The van der Waals surface area contributed by atoms with Gasteiger partial charge in [0.2, 0.25) is 5.95 Å². The number of carbonyl (C=O) groups is 1. The zero-order valence-corrected chi connectivity index (χ0v) is 26.8. The summed E-state index contributed by atoms with van der Waals surface area (Å²) in [5, 5.41) is 18.2. The van der Waals surface area contributed by atoms with E-state index in [0.29, 0.717) is 23.2 Å². The van der Waals surface area contributed by atoms with E-state index in [1.165, 1.54) is 0 Å². The monoisotopic (exact) mass is 599 g/mol. The van der Waals surface area contributed by atoms with E-state index in [4.69, 9.17) is 4.98 Å². The Morgan fingerprint density at radius 1 is 1.00 bits per heavy atom. The molecule has 0 atom stereocenters. The summed E-state index contributed by atoms with van der Waals surface area (Å²) in [6.45, 7) is 14.3. The van der Waals surface area contributed by atoms with Crippen molar-refractivity contribution in [2.24, 2.45) is 7.05 Å². The zero-order chi connectivity index (χ0) is 31.2. The van der Waals surface area contributed by atoms with Crippen LogP contribution in [0.2, 0.25) is 0 Å². The Balaban J connectivity index is 1.25. The predicted octanol–water partition coefficient (Wildman–Crippen LogP) is 3.69. The van der Waals surface area contributed by atoms with Gasteiger partial charge in [-0.25, -0.2) is 4.98 Å². The number of likely N-dealkylation sites (N-methyl/N-ethyl adjacent to an activating group) is 1. The Morgan fingerprint density at radius 2 is 1.73 bits per heavy atom. The van der Waals surface area contributed by atoms with Gasteiger partial charge in [0, 0.05) is 80.6 Å². The molecule has 6 rings (SSSR count). The second-order valence-corrected chi connectivity index (χ2v) is 13.2. The van der Waals surface area contributed by atoms with Crippen LogP contribution < -0.4 is 10.2 Å². The van der Waals surface area contributed by atoms with Gasteiger partial charge >= 0.3 is 0 Å². The molecule has 5 heterocycles. The van der Waals surface area contributed by atoms with E-state index in [2.05, 4.69) is 49.3 Å². The molecule has 0 bridgehead atoms. The van der Waals surface area contributed by atoms with Crippen LogP contribution in [0.3, 0.4) is 0 Å². The SMILES string of the molecule is Cc1cc(C(=O)Nc2nc3ccc(N4CCC(N5CCN(C)CC5)CC4)cc3n2CC(C)(C)O)cc(-c2cnn(C)c2C)n1. The van der Waals surface area contributed by atoms with Gasteiger partial charge in [0.25, 0.3) is 5.91 Å². The van der Waals surface area contributed by atoms with Crippen LogP contribution in [0.15, 0.2) is 36.5 Å². The third-order valence-corrected chi connectivity index (χ3v) is 9.11. The fourth-order valence-electron chi connectivity index (χ4n) is 6.49. The molecule has 1 aromatic carbocycles. The van der Waals surface area contributed by atoms with Crippen molar-refractivity contribution in [1.82, 2.24) is 34.1 Å². The average molecular weight is 600 g/mol. The number of hydrogen-bond acceptors (Lipinski definition) is 8. The number of aryl methyl sites for hydroxylation is 2. The second-order valence-electron chi connectivity index (χ2n) is 13.2. The fraction of sp³-hybridized carbons (Fsp3) is 0.515. The topological polar surface area (TPSA) is 108 Å². The fourth-order valence-corrected chi connectivity index (χ4v) is 6.49. The van der Waals surface area contributed by atoms with Crippen molar-refractivity contribution in [2.75, 3.05) is 56.5 Å². The molecule has 2 aliphatic heterocycles. The summed E-state index contributed by atoms with van der Waals surface area (Å²) in [7, 11) is 4.09. The zero-order valence-electron chi connectivity index (χ0n) is 26.8. The number of piperazine rings is 1. The molecule has 0 radical (unpaired) electrons. The molecule has 3 aromatic heterocycles. The average Bonchev–Trinajstić information content (AvgIpc) is 3.50. The van der Waals surface area contributed by atoms with Crippen LogP contribution in [0.4, 0.5) is 11.6 Å². The first-order chi connectivity index (χ1) is 20.9. The molecule has 2 aliphatic rings. The third kappa shape index (κ3) is 6.36. The van der Waals surface area contributed by atoms with E-state index in [1.807, 2.05) is 31.5 Å². The molecule has 11 heteroatoms. The lowest BCUT2D eigenvalue weighted by atomic mass is 10.0. The van der Waals surface area contributed by atoms with Gasteiger partial charge in [-0.1, -0.05) is 0 Å².